The molecule has 4 nitrogen and oxygen atoms in total. The summed E-state index contributed by atoms with van der Waals surface area (Å²) in [6, 6.07) is 0.392. The topological polar surface area (TPSA) is 41.6 Å². The number of nitrogens with zero attached hydrogens (tertiary/aromatic N) is 1. The number of ether oxygens (including phenoxy) is 1. The van der Waals surface area contributed by atoms with Crippen LogP contribution in [0.1, 0.15) is 25.7 Å². The maximum absolute atomic E-state index is 12.2. The first-order valence-electron chi connectivity index (χ1n) is 6.34. The molecule has 0 aromatic rings. The molecule has 2 fully saturated rings. The number of amides is 1. The molecule has 0 spiro atoms. The highest BCUT2D eigenvalue weighted by Gasteiger charge is 2.28. The molecule has 2 saturated heterocycles. The molecule has 0 aliphatic carbocycles. The molecule has 1 N–H and O–H groups in total. The molecular formula is C12H22N2O2. The van der Waals surface area contributed by atoms with Crippen molar-refractivity contribution in [3.05, 3.63) is 0 Å². The van der Waals surface area contributed by atoms with Crippen molar-refractivity contribution in [3.8, 4) is 0 Å². The van der Waals surface area contributed by atoms with Crippen LogP contribution in [0.5, 0.6) is 0 Å². The van der Waals surface area contributed by atoms with Gasteiger partial charge in [0, 0.05) is 32.8 Å². The largest absolute Gasteiger partial charge is 0.381 e. The van der Waals surface area contributed by atoms with Gasteiger partial charge in [0.15, 0.2) is 0 Å². The molecule has 0 unspecified atom stereocenters. The molecule has 0 bridgehead atoms. The third-order valence-corrected chi connectivity index (χ3v) is 3.73. The molecular weight excluding hydrogens is 204 g/mol. The number of hydrogen-bond donors (Lipinski definition) is 1. The van der Waals surface area contributed by atoms with Crippen molar-refractivity contribution in [2.24, 2.45) is 5.92 Å². The number of nitrogens with one attached hydrogen (secondary N) is 1. The van der Waals surface area contributed by atoms with Crippen LogP contribution < -0.4 is 5.32 Å². The van der Waals surface area contributed by atoms with Crippen molar-refractivity contribution in [1.82, 2.24) is 10.2 Å². The highest BCUT2D eigenvalue weighted by molar-refractivity contribution is 5.79. The van der Waals surface area contributed by atoms with Gasteiger partial charge in [-0.1, -0.05) is 0 Å². The predicted molar refractivity (Wildman–Crippen MR) is 62.2 cm³/mol. The standard InChI is InChI=1S/C12H22N2O2/c1-14(11-4-7-16-8-5-11)12(15)10-3-2-6-13-9-10/h10-11,13H,2-9H2,1H3/t10-/m0/s1. The van der Waals surface area contributed by atoms with Crippen LogP contribution in [0.3, 0.4) is 0 Å². The summed E-state index contributed by atoms with van der Waals surface area (Å²) < 4.78 is 5.32. The molecule has 1 amide bonds. The van der Waals surface area contributed by atoms with Gasteiger partial charge in [-0.3, -0.25) is 4.79 Å². The lowest BCUT2D eigenvalue weighted by atomic mass is 9.96. The van der Waals surface area contributed by atoms with Gasteiger partial charge < -0.3 is 15.0 Å². The second-order valence-corrected chi connectivity index (χ2v) is 4.84. The lowest BCUT2D eigenvalue weighted by Crippen LogP contribution is -2.47. The minimum Gasteiger partial charge on any atom is -0.381 e. The first-order chi connectivity index (χ1) is 7.79. The first kappa shape index (κ1) is 11.9. The van der Waals surface area contributed by atoms with Gasteiger partial charge in [-0.2, -0.15) is 0 Å². The molecule has 0 saturated carbocycles. The van der Waals surface area contributed by atoms with E-state index < -0.39 is 0 Å². The average Bonchev–Trinajstić information content (AvgIpc) is 2.39. The Kier molecular flexibility index (Phi) is 4.18. The Morgan fingerprint density at radius 3 is 2.69 bits per heavy atom. The molecule has 2 heterocycles. The fourth-order valence-electron chi connectivity index (χ4n) is 2.60. The second-order valence-electron chi connectivity index (χ2n) is 4.84. The molecule has 1 atom stereocenters. The molecule has 16 heavy (non-hydrogen) atoms. The summed E-state index contributed by atoms with van der Waals surface area (Å²) in [7, 11) is 1.95. The summed E-state index contributed by atoms with van der Waals surface area (Å²) >= 11 is 0. The van der Waals surface area contributed by atoms with Crippen LogP contribution in [-0.4, -0.2) is 50.2 Å². The van der Waals surface area contributed by atoms with E-state index in [-0.39, 0.29) is 5.92 Å². The lowest BCUT2D eigenvalue weighted by Gasteiger charge is -2.34. The third-order valence-electron chi connectivity index (χ3n) is 3.73. The molecule has 0 radical (unpaired) electrons. The normalized spacial score (nSPS) is 27.7. The molecule has 4 heteroatoms. The Balaban J connectivity index is 1.86. The summed E-state index contributed by atoms with van der Waals surface area (Å²) in [6.07, 6.45) is 4.14. The van der Waals surface area contributed by atoms with Crippen molar-refractivity contribution >= 4 is 5.91 Å². The number of piperidine rings is 1. The van der Waals surface area contributed by atoms with Gasteiger partial charge >= 0.3 is 0 Å². The zero-order chi connectivity index (χ0) is 11.4. The number of carbonyl (C=O) groups excluding carboxylic acids is 1. The van der Waals surface area contributed by atoms with Crippen LogP contribution >= 0.6 is 0 Å². The van der Waals surface area contributed by atoms with E-state index in [4.69, 9.17) is 4.74 Å². The van der Waals surface area contributed by atoms with E-state index in [1.54, 1.807) is 0 Å². The van der Waals surface area contributed by atoms with Gasteiger partial charge in [0.05, 0.1) is 5.92 Å². The van der Waals surface area contributed by atoms with Crippen LogP contribution in [0, 0.1) is 5.92 Å². The van der Waals surface area contributed by atoms with Crippen molar-refractivity contribution in [2.75, 3.05) is 33.4 Å². The van der Waals surface area contributed by atoms with Crippen LogP contribution in [0.2, 0.25) is 0 Å². The molecule has 0 aromatic heterocycles. The van der Waals surface area contributed by atoms with Gasteiger partial charge in [0.25, 0.3) is 0 Å². The molecule has 2 aliphatic rings. The van der Waals surface area contributed by atoms with Gasteiger partial charge in [-0.05, 0) is 32.2 Å². The fourth-order valence-corrected chi connectivity index (χ4v) is 2.60. The maximum Gasteiger partial charge on any atom is 0.226 e. The SMILES string of the molecule is CN(C(=O)[C@H]1CCCNC1)C1CCOCC1. The Bertz CT molecular complexity index is 233. The summed E-state index contributed by atoms with van der Waals surface area (Å²) in [5.74, 6) is 0.515. The number of rotatable bonds is 2. The summed E-state index contributed by atoms with van der Waals surface area (Å²) in [4.78, 5) is 14.2. The first-order valence-corrected chi connectivity index (χ1v) is 6.34. The van der Waals surface area contributed by atoms with E-state index in [1.165, 1.54) is 0 Å². The summed E-state index contributed by atoms with van der Waals surface area (Å²) in [6.45, 7) is 3.51. The predicted octanol–water partition coefficient (Wildman–Crippen LogP) is 0.623. The van der Waals surface area contributed by atoms with Gasteiger partial charge in [-0.25, -0.2) is 0 Å². The van der Waals surface area contributed by atoms with Crippen molar-refractivity contribution < 1.29 is 9.53 Å². The third kappa shape index (κ3) is 2.74. The molecule has 92 valence electrons. The summed E-state index contributed by atoms with van der Waals surface area (Å²) in [5.41, 5.74) is 0. The number of carbonyl (C=O) groups is 1. The monoisotopic (exact) mass is 226 g/mol. The average molecular weight is 226 g/mol. The van der Waals surface area contributed by atoms with Crippen molar-refractivity contribution in [1.29, 1.82) is 0 Å². The quantitative estimate of drug-likeness (QED) is 0.750. The Hall–Kier alpha value is -0.610. The van der Waals surface area contributed by atoms with Crippen LogP contribution in [0.4, 0.5) is 0 Å². The minimum absolute atomic E-state index is 0.196. The molecule has 2 aliphatic heterocycles. The van der Waals surface area contributed by atoms with E-state index in [0.29, 0.717) is 11.9 Å². The van der Waals surface area contributed by atoms with Crippen LogP contribution in [0.25, 0.3) is 0 Å². The van der Waals surface area contributed by atoms with Gasteiger partial charge in [0.2, 0.25) is 5.91 Å². The van der Waals surface area contributed by atoms with E-state index in [2.05, 4.69) is 5.32 Å². The summed E-state index contributed by atoms with van der Waals surface area (Å²) in [5, 5.41) is 3.30. The zero-order valence-corrected chi connectivity index (χ0v) is 10.1. The highest BCUT2D eigenvalue weighted by Crippen LogP contribution is 2.18. The Labute approximate surface area is 97.3 Å². The van der Waals surface area contributed by atoms with E-state index >= 15 is 0 Å². The zero-order valence-electron chi connectivity index (χ0n) is 10.1. The van der Waals surface area contributed by atoms with Gasteiger partial charge in [0.1, 0.15) is 0 Å². The molecule has 2 rings (SSSR count). The second kappa shape index (κ2) is 5.64. The number of hydrogen-bond acceptors (Lipinski definition) is 3. The van der Waals surface area contributed by atoms with E-state index in [9.17, 15) is 4.79 Å². The van der Waals surface area contributed by atoms with E-state index in [1.807, 2.05) is 11.9 Å². The van der Waals surface area contributed by atoms with E-state index in [0.717, 1.165) is 52.0 Å². The maximum atomic E-state index is 12.2. The van der Waals surface area contributed by atoms with Gasteiger partial charge in [-0.15, -0.1) is 0 Å². The minimum atomic E-state index is 0.196. The van der Waals surface area contributed by atoms with Crippen molar-refractivity contribution in [2.45, 2.75) is 31.7 Å². The van der Waals surface area contributed by atoms with Crippen LogP contribution in [-0.2, 0) is 9.53 Å². The smallest absolute Gasteiger partial charge is 0.226 e. The van der Waals surface area contributed by atoms with Crippen molar-refractivity contribution in [3.63, 3.8) is 0 Å². The van der Waals surface area contributed by atoms with Crippen LogP contribution in [0.15, 0.2) is 0 Å². The fraction of sp³-hybridized carbons (Fsp3) is 0.917. The highest BCUT2D eigenvalue weighted by atomic mass is 16.5. The Morgan fingerprint density at radius 1 is 1.31 bits per heavy atom. The molecule has 0 aromatic carbocycles. The lowest BCUT2D eigenvalue weighted by molar-refractivity contribution is -0.138. The Morgan fingerprint density at radius 2 is 2.06 bits per heavy atom.